The van der Waals surface area contributed by atoms with E-state index < -0.39 is 6.43 Å². The molecule has 29 heavy (non-hydrogen) atoms. The molecule has 0 aromatic carbocycles. The van der Waals surface area contributed by atoms with Crippen molar-refractivity contribution in [2.75, 3.05) is 25.1 Å². The molecule has 0 N–H and O–H groups in total. The average Bonchev–Trinajstić information content (AvgIpc) is 3.09. The van der Waals surface area contributed by atoms with Crippen molar-refractivity contribution in [2.45, 2.75) is 39.5 Å². The number of nitrogens with zero attached hydrogens (tertiary/aromatic N) is 4. The van der Waals surface area contributed by atoms with Crippen molar-refractivity contribution in [2.24, 2.45) is 5.92 Å². The van der Waals surface area contributed by atoms with E-state index in [9.17, 15) is 13.6 Å². The fraction of sp³-hybridized carbons (Fsp3) is 0.476. The van der Waals surface area contributed by atoms with Crippen molar-refractivity contribution < 1.29 is 18.3 Å². The first-order chi connectivity index (χ1) is 13.9. The van der Waals surface area contributed by atoms with Crippen LogP contribution in [0.15, 0.2) is 24.4 Å². The third kappa shape index (κ3) is 4.07. The predicted octanol–water partition coefficient (Wildman–Crippen LogP) is 3.24. The quantitative estimate of drug-likeness (QED) is 0.743. The van der Waals surface area contributed by atoms with Gasteiger partial charge in [-0.2, -0.15) is 0 Å². The highest BCUT2D eigenvalue weighted by Gasteiger charge is 2.33. The summed E-state index contributed by atoms with van der Waals surface area (Å²) in [6.07, 6.45) is -0.711. The SMILES string of the molecule is COCc1cc(C)c2c(n1)CN(C(=O)CC1CN(c3ccnc(C(F)F)c3)C1)C2. The predicted molar refractivity (Wildman–Crippen MR) is 103 cm³/mol. The van der Waals surface area contributed by atoms with Crippen LogP contribution < -0.4 is 4.90 Å². The van der Waals surface area contributed by atoms with E-state index in [2.05, 4.69) is 9.97 Å². The van der Waals surface area contributed by atoms with Crippen LogP contribution in [0.5, 0.6) is 0 Å². The lowest BCUT2D eigenvalue weighted by Crippen LogP contribution is -2.48. The van der Waals surface area contributed by atoms with Gasteiger partial charge in [-0.05, 0) is 36.2 Å². The maximum atomic E-state index is 12.8. The highest BCUT2D eigenvalue weighted by Crippen LogP contribution is 2.31. The van der Waals surface area contributed by atoms with E-state index in [-0.39, 0.29) is 17.5 Å². The topological polar surface area (TPSA) is 58.6 Å². The molecule has 0 bridgehead atoms. The number of carbonyl (C=O) groups excluding carboxylic acids is 1. The molecule has 6 nitrogen and oxygen atoms in total. The molecular formula is C21H24F2N4O2. The molecule has 154 valence electrons. The molecule has 4 heterocycles. The van der Waals surface area contributed by atoms with Gasteiger partial charge in [0.25, 0.3) is 6.43 Å². The molecule has 1 fully saturated rings. The Balaban J connectivity index is 1.32. The van der Waals surface area contributed by atoms with Gasteiger partial charge in [-0.3, -0.25) is 14.8 Å². The van der Waals surface area contributed by atoms with Crippen LogP contribution >= 0.6 is 0 Å². The van der Waals surface area contributed by atoms with Crippen LogP contribution in [0.2, 0.25) is 0 Å². The minimum Gasteiger partial charge on any atom is -0.378 e. The molecule has 2 aromatic heterocycles. The number of anilines is 1. The second-order valence-electron chi connectivity index (χ2n) is 7.75. The van der Waals surface area contributed by atoms with Gasteiger partial charge in [0.05, 0.1) is 24.5 Å². The number of pyridine rings is 2. The van der Waals surface area contributed by atoms with Crippen LogP contribution in [-0.2, 0) is 29.2 Å². The first kappa shape index (κ1) is 19.7. The number of hydrogen-bond donors (Lipinski definition) is 0. The molecule has 4 rings (SSSR count). The summed E-state index contributed by atoms with van der Waals surface area (Å²) in [6.45, 7) is 5.01. The summed E-state index contributed by atoms with van der Waals surface area (Å²) in [5, 5.41) is 0. The second-order valence-corrected chi connectivity index (χ2v) is 7.75. The summed E-state index contributed by atoms with van der Waals surface area (Å²) in [4.78, 5) is 25.0. The fourth-order valence-corrected chi connectivity index (χ4v) is 4.05. The fourth-order valence-electron chi connectivity index (χ4n) is 4.05. The number of rotatable bonds is 6. The maximum absolute atomic E-state index is 12.8. The molecule has 0 atom stereocenters. The van der Waals surface area contributed by atoms with E-state index >= 15 is 0 Å². The Kier molecular flexibility index (Phi) is 5.45. The molecule has 0 saturated carbocycles. The Morgan fingerprint density at radius 1 is 1.31 bits per heavy atom. The Hall–Kier alpha value is -2.61. The van der Waals surface area contributed by atoms with Crippen molar-refractivity contribution >= 4 is 11.6 Å². The van der Waals surface area contributed by atoms with Crippen molar-refractivity contribution in [3.8, 4) is 0 Å². The minimum atomic E-state index is -2.58. The van der Waals surface area contributed by atoms with E-state index in [0.717, 1.165) is 28.2 Å². The van der Waals surface area contributed by atoms with Gasteiger partial charge in [0.15, 0.2) is 0 Å². The van der Waals surface area contributed by atoms with Crippen LogP contribution in [-0.4, -0.2) is 41.0 Å². The molecule has 8 heteroatoms. The maximum Gasteiger partial charge on any atom is 0.280 e. The van der Waals surface area contributed by atoms with E-state index in [1.165, 1.54) is 12.3 Å². The van der Waals surface area contributed by atoms with E-state index in [4.69, 9.17) is 4.74 Å². The van der Waals surface area contributed by atoms with Crippen molar-refractivity contribution in [3.05, 3.63) is 52.6 Å². The lowest BCUT2D eigenvalue weighted by Gasteiger charge is -2.41. The molecular weight excluding hydrogens is 378 g/mol. The third-order valence-corrected chi connectivity index (χ3v) is 5.59. The molecule has 1 amide bonds. The number of hydrogen-bond acceptors (Lipinski definition) is 5. The van der Waals surface area contributed by atoms with Gasteiger partial charge in [-0.15, -0.1) is 0 Å². The van der Waals surface area contributed by atoms with Crippen LogP contribution in [0.4, 0.5) is 14.5 Å². The summed E-state index contributed by atoms with van der Waals surface area (Å²) in [6, 6.07) is 5.17. The van der Waals surface area contributed by atoms with Crippen LogP contribution in [0, 0.1) is 12.8 Å². The number of alkyl halides is 2. The van der Waals surface area contributed by atoms with Gasteiger partial charge in [-0.1, -0.05) is 0 Å². The van der Waals surface area contributed by atoms with E-state index in [1.807, 2.05) is 22.8 Å². The largest absolute Gasteiger partial charge is 0.378 e. The van der Waals surface area contributed by atoms with Gasteiger partial charge < -0.3 is 14.5 Å². The summed E-state index contributed by atoms with van der Waals surface area (Å²) < 4.78 is 30.8. The van der Waals surface area contributed by atoms with Crippen molar-refractivity contribution in [3.63, 3.8) is 0 Å². The van der Waals surface area contributed by atoms with Gasteiger partial charge >= 0.3 is 0 Å². The lowest BCUT2D eigenvalue weighted by molar-refractivity contribution is -0.133. The third-order valence-electron chi connectivity index (χ3n) is 5.59. The number of amides is 1. The number of aromatic nitrogens is 2. The van der Waals surface area contributed by atoms with Gasteiger partial charge in [-0.25, -0.2) is 8.78 Å². The minimum absolute atomic E-state index is 0.114. The summed E-state index contributed by atoms with van der Waals surface area (Å²) in [5.74, 6) is 0.343. The molecule has 2 aliphatic rings. The summed E-state index contributed by atoms with van der Waals surface area (Å²) >= 11 is 0. The monoisotopic (exact) mass is 402 g/mol. The molecule has 0 aliphatic carbocycles. The average molecular weight is 402 g/mol. The summed E-state index contributed by atoms with van der Waals surface area (Å²) in [7, 11) is 1.64. The van der Waals surface area contributed by atoms with Gasteiger partial charge in [0.1, 0.15) is 5.69 Å². The highest BCUT2D eigenvalue weighted by molar-refractivity contribution is 5.77. The molecule has 1 saturated heterocycles. The van der Waals surface area contributed by atoms with Crippen molar-refractivity contribution in [1.29, 1.82) is 0 Å². The zero-order chi connectivity index (χ0) is 20.5. The Bertz CT molecular complexity index is 916. The van der Waals surface area contributed by atoms with E-state index in [1.54, 1.807) is 13.2 Å². The first-order valence-electron chi connectivity index (χ1n) is 9.68. The van der Waals surface area contributed by atoms with Gasteiger partial charge in [0, 0.05) is 51.0 Å². The number of methoxy groups -OCH3 is 1. The number of ether oxygens (including phenoxy) is 1. The Labute approximate surface area is 168 Å². The molecule has 0 spiro atoms. The number of aryl methyl sites for hydroxylation is 1. The van der Waals surface area contributed by atoms with Crippen molar-refractivity contribution in [1.82, 2.24) is 14.9 Å². The zero-order valence-electron chi connectivity index (χ0n) is 16.6. The number of fused-ring (bicyclic) bond motifs is 1. The number of carbonyl (C=O) groups is 1. The Morgan fingerprint density at radius 3 is 2.83 bits per heavy atom. The van der Waals surface area contributed by atoms with Crippen LogP contribution in [0.25, 0.3) is 0 Å². The lowest BCUT2D eigenvalue weighted by atomic mass is 9.95. The second kappa shape index (κ2) is 8.02. The molecule has 2 aromatic rings. The standard InChI is InChI=1S/C21H24F2N4O2/c1-13-5-15(12-29-2)25-19-11-27(10-17(13)19)20(28)6-14-8-26(9-14)16-3-4-24-18(7-16)21(22)23/h3-5,7,14,21H,6,8-12H2,1-2H3. The van der Waals surface area contributed by atoms with E-state index in [0.29, 0.717) is 39.2 Å². The normalized spacial score (nSPS) is 16.3. The summed E-state index contributed by atoms with van der Waals surface area (Å²) in [5.41, 5.74) is 4.63. The van der Waals surface area contributed by atoms with Crippen LogP contribution in [0.1, 0.15) is 41.1 Å². The first-order valence-corrected chi connectivity index (χ1v) is 9.68. The zero-order valence-corrected chi connectivity index (χ0v) is 16.6. The molecule has 0 unspecified atom stereocenters. The highest BCUT2D eigenvalue weighted by atomic mass is 19.3. The number of halogens is 2. The Morgan fingerprint density at radius 2 is 2.10 bits per heavy atom. The molecule has 0 radical (unpaired) electrons. The molecule has 2 aliphatic heterocycles. The van der Waals surface area contributed by atoms with Crippen LogP contribution in [0.3, 0.4) is 0 Å². The smallest absolute Gasteiger partial charge is 0.280 e. The van der Waals surface area contributed by atoms with Gasteiger partial charge in [0.2, 0.25) is 5.91 Å².